The van der Waals surface area contributed by atoms with E-state index in [-0.39, 0.29) is 12.1 Å². The first-order chi connectivity index (χ1) is 9.75. The van der Waals surface area contributed by atoms with Gasteiger partial charge in [0.05, 0.1) is 5.56 Å². The number of fused-ring (bicyclic) bond motifs is 3. The zero-order valence-electron chi connectivity index (χ0n) is 11.1. The van der Waals surface area contributed by atoms with E-state index < -0.39 is 0 Å². The maximum absolute atomic E-state index is 12.6. The minimum atomic E-state index is -0.0905. The summed E-state index contributed by atoms with van der Waals surface area (Å²) in [6.45, 7) is 2.08. The molecule has 0 fully saturated rings. The summed E-state index contributed by atoms with van der Waals surface area (Å²) in [5.41, 5.74) is 2.81. The van der Waals surface area contributed by atoms with E-state index in [4.69, 9.17) is 0 Å². The number of benzene rings is 2. The second-order valence-corrected chi connectivity index (χ2v) is 5.20. The Labute approximate surface area is 116 Å². The Morgan fingerprint density at radius 1 is 1.05 bits per heavy atom. The van der Waals surface area contributed by atoms with Crippen molar-refractivity contribution in [2.45, 2.75) is 13.1 Å². The van der Waals surface area contributed by atoms with Crippen LogP contribution in [0.25, 0.3) is 11.8 Å². The molecule has 1 N–H and O–H groups in total. The van der Waals surface area contributed by atoms with Gasteiger partial charge in [-0.15, -0.1) is 0 Å². The minimum absolute atomic E-state index is 0.0539. The van der Waals surface area contributed by atoms with Gasteiger partial charge in [-0.05, 0) is 35.1 Å². The van der Waals surface area contributed by atoms with Crippen LogP contribution in [0.15, 0.2) is 48.5 Å². The van der Waals surface area contributed by atoms with Crippen molar-refractivity contribution in [2.75, 3.05) is 5.32 Å². The number of para-hydroxylation sites is 1. The normalized spacial score (nSPS) is 19.4. The van der Waals surface area contributed by atoms with E-state index >= 15 is 0 Å². The smallest absolute Gasteiger partial charge is 0.261 e. The number of nitrogens with one attached hydrogen (secondary N) is 1. The Morgan fingerprint density at radius 3 is 2.70 bits per heavy atom. The van der Waals surface area contributed by atoms with Crippen molar-refractivity contribution >= 4 is 23.4 Å². The zero-order valence-corrected chi connectivity index (χ0v) is 11.1. The molecule has 3 nitrogen and oxygen atoms in total. The maximum Gasteiger partial charge on any atom is 0.261 e. The maximum atomic E-state index is 12.6. The lowest BCUT2D eigenvalue weighted by atomic mass is 10.00. The fourth-order valence-corrected chi connectivity index (χ4v) is 2.98. The Bertz CT molecular complexity index is 838. The van der Waals surface area contributed by atoms with Crippen molar-refractivity contribution in [3.05, 3.63) is 64.5 Å². The summed E-state index contributed by atoms with van der Waals surface area (Å²) in [5.74, 6) is 0.0539. The van der Waals surface area contributed by atoms with Crippen LogP contribution in [0.4, 0.5) is 5.69 Å². The van der Waals surface area contributed by atoms with Crippen molar-refractivity contribution in [2.24, 2.45) is 0 Å². The van der Waals surface area contributed by atoms with Crippen LogP contribution in [-0.2, 0) is 0 Å². The summed E-state index contributed by atoms with van der Waals surface area (Å²) in [6.07, 6.45) is 1.85. The largest absolute Gasteiger partial charge is 0.361 e. The first-order valence-corrected chi connectivity index (χ1v) is 6.71. The van der Waals surface area contributed by atoms with E-state index in [0.29, 0.717) is 0 Å². The first kappa shape index (κ1) is 11.3. The molecule has 2 aliphatic rings. The van der Waals surface area contributed by atoms with Gasteiger partial charge in [0.1, 0.15) is 6.17 Å². The van der Waals surface area contributed by atoms with E-state index in [0.717, 1.165) is 16.5 Å². The van der Waals surface area contributed by atoms with Crippen LogP contribution in [0.1, 0.15) is 17.3 Å². The first-order valence-electron chi connectivity index (χ1n) is 6.71. The lowest BCUT2D eigenvalue weighted by Crippen LogP contribution is -2.52. The van der Waals surface area contributed by atoms with E-state index in [9.17, 15) is 4.79 Å². The van der Waals surface area contributed by atoms with Gasteiger partial charge < -0.3 is 5.32 Å². The Kier molecular flexibility index (Phi) is 2.24. The molecule has 20 heavy (non-hydrogen) atoms. The molecule has 4 rings (SSSR count). The Morgan fingerprint density at radius 2 is 1.80 bits per heavy atom. The zero-order chi connectivity index (χ0) is 13.7. The highest BCUT2D eigenvalue weighted by Gasteiger charge is 2.33. The van der Waals surface area contributed by atoms with Crippen LogP contribution in [0, 0.1) is 0 Å². The van der Waals surface area contributed by atoms with Crippen molar-refractivity contribution in [3.63, 3.8) is 0 Å². The summed E-state index contributed by atoms with van der Waals surface area (Å²) < 4.78 is 0. The Hall–Kier alpha value is -2.55. The van der Waals surface area contributed by atoms with Crippen molar-refractivity contribution in [1.82, 2.24) is 4.90 Å². The Balaban J connectivity index is 1.97. The van der Waals surface area contributed by atoms with Gasteiger partial charge >= 0.3 is 0 Å². The standard InChI is InChI=1S/C17H14N2O/c1-11-13-7-3-2-6-12(13)10-19-16(11)18-15-9-5-4-8-14(15)17(19)20/h2-10,16,18H,1H3. The third kappa shape index (κ3) is 1.43. The molecule has 1 amide bonds. The lowest BCUT2D eigenvalue weighted by Gasteiger charge is -2.38. The third-order valence-corrected chi connectivity index (χ3v) is 4.04. The molecule has 0 radical (unpaired) electrons. The number of hydrogen-bond acceptors (Lipinski definition) is 2. The monoisotopic (exact) mass is 262 g/mol. The van der Waals surface area contributed by atoms with Gasteiger partial charge in [-0.3, -0.25) is 9.69 Å². The molecule has 0 spiro atoms. The van der Waals surface area contributed by atoms with E-state index in [1.165, 1.54) is 10.8 Å². The molecule has 0 saturated heterocycles. The quantitative estimate of drug-likeness (QED) is 0.780. The number of anilines is 1. The highest BCUT2D eigenvalue weighted by atomic mass is 16.2. The number of carbonyl (C=O) groups is 1. The summed E-state index contributed by atoms with van der Waals surface area (Å²) in [5, 5.41) is 5.75. The number of carbonyl (C=O) groups excluding carboxylic acids is 1. The molecule has 98 valence electrons. The van der Waals surface area contributed by atoms with E-state index in [1.54, 1.807) is 4.90 Å². The number of hydrogen-bond donors (Lipinski definition) is 1. The molecule has 0 aromatic heterocycles. The van der Waals surface area contributed by atoms with Gasteiger partial charge in [-0.2, -0.15) is 0 Å². The van der Waals surface area contributed by atoms with Crippen LogP contribution < -0.4 is 15.8 Å². The molecule has 0 saturated carbocycles. The summed E-state index contributed by atoms with van der Waals surface area (Å²) in [7, 11) is 0. The molecule has 2 heterocycles. The van der Waals surface area contributed by atoms with Gasteiger partial charge in [-0.1, -0.05) is 36.4 Å². The molecule has 2 aromatic carbocycles. The van der Waals surface area contributed by atoms with Crippen LogP contribution in [0.3, 0.4) is 0 Å². The van der Waals surface area contributed by atoms with Crippen molar-refractivity contribution in [1.29, 1.82) is 0 Å². The van der Waals surface area contributed by atoms with Crippen LogP contribution in [-0.4, -0.2) is 17.0 Å². The molecule has 2 aliphatic heterocycles. The highest BCUT2D eigenvalue weighted by Crippen LogP contribution is 2.28. The van der Waals surface area contributed by atoms with Gasteiger partial charge in [0.2, 0.25) is 0 Å². The highest BCUT2D eigenvalue weighted by molar-refractivity contribution is 6.04. The van der Waals surface area contributed by atoms with Gasteiger partial charge in [0.15, 0.2) is 0 Å². The lowest BCUT2D eigenvalue weighted by molar-refractivity contribution is 0.0818. The molecule has 3 heteroatoms. The van der Waals surface area contributed by atoms with Crippen LogP contribution in [0.2, 0.25) is 0 Å². The topological polar surface area (TPSA) is 32.3 Å². The average Bonchev–Trinajstić information content (AvgIpc) is 2.49. The number of amides is 1. The molecule has 0 aliphatic carbocycles. The second kappa shape index (κ2) is 3.97. The third-order valence-electron chi connectivity index (χ3n) is 4.04. The molecule has 1 atom stereocenters. The van der Waals surface area contributed by atoms with E-state index in [2.05, 4.69) is 18.3 Å². The minimum Gasteiger partial charge on any atom is -0.361 e. The molecule has 1 unspecified atom stereocenters. The fourth-order valence-electron chi connectivity index (χ4n) is 2.98. The van der Waals surface area contributed by atoms with Crippen molar-refractivity contribution < 1.29 is 4.79 Å². The fraction of sp³-hybridized carbons (Fsp3) is 0.118. The molecule has 0 bridgehead atoms. The van der Waals surface area contributed by atoms with E-state index in [1.807, 2.05) is 48.7 Å². The molecular formula is C17H14N2O. The van der Waals surface area contributed by atoms with Gasteiger partial charge in [0, 0.05) is 11.9 Å². The van der Waals surface area contributed by atoms with Gasteiger partial charge in [-0.25, -0.2) is 0 Å². The van der Waals surface area contributed by atoms with Crippen molar-refractivity contribution in [3.8, 4) is 0 Å². The van der Waals surface area contributed by atoms with Crippen LogP contribution in [0.5, 0.6) is 0 Å². The predicted molar refractivity (Wildman–Crippen MR) is 79.3 cm³/mol. The number of nitrogens with zero attached hydrogens (tertiary/aromatic N) is 1. The summed E-state index contributed by atoms with van der Waals surface area (Å²) >= 11 is 0. The molecule has 2 aromatic rings. The SMILES string of the molecule is CC1=c2ccccc2=CN2C(=O)c3ccccc3NC12. The predicted octanol–water partition coefficient (Wildman–Crippen LogP) is 1.50. The van der Waals surface area contributed by atoms with Gasteiger partial charge in [0.25, 0.3) is 5.91 Å². The summed E-state index contributed by atoms with van der Waals surface area (Å²) in [6, 6.07) is 15.8. The second-order valence-electron chi connectivity index (χ2n) is 5.20. The molecular weight excluding hydrogens is 248 g/mol. The number of rotatable bonds is 0. The summed E-state index contributed by atoms with van der Waals surface area (Å²) in [4.78, 5) is 14.4. The van der Waals surface area contributed by atoms with Crippen LogP contribution >= 0.6 is 0 Å². The average molecular weight is 262 g/mol.